The second-order valence-electron chi connectivity index (χ2n) is 3.42. The van der Waals surface area contributed by atoms with Crippen molar-refractivity contribution in [2.75, 3.05) is 6.54 Å². The van der Waals surface area contributed by atoms with E-state index < -0.39 is 0 Å². The first kappa shape index (κ1) is 10.9. The van der Waals surface area contributed by atoms with Crippen LogP contribution < -0.4 is 11.1 Å². The van der Waals surface area contributed by atoms with Crippen LogP contribution in [0.3, 0.4) is 0 Å². The molecule has 3 N–H and O–H groups in total. The molecule has 1 amide bonds. The summed E-state index contributed by atoms with van der Waals surface area (Å²) in [5, 5.41) is 10.6. The minimum atomic E-state index is -0.315. The van der Waals surface area contributed by atoms with E-state index in [0.717, 1.165) is 0 Å². The first-order valence-electron chi connectivity index (χ1n) is 3.88. The van der Waals surface area contributed by atoms with Gasteiger partial charge in [-0.3, -0.25) is 4.79 Å². The van der Waals surface area contributed by atoms with Crippen molar-refractivity contribution in [2.24, 2.45) is 5.73 Å². The third-order valence-corrected chi connectivity index (χ3v) is 1.36. The minimum Gasteiger partial charge on any atom is -0.343 e. The predicted octanol–water partition coefficient (Wildman–Crippen LogP) is 0.144. The van der Waals surface area contributed by atoms with Crippen LogP contribution >= 0.6 is 0 Å². The third kappa shape index (κ3) is 7.03. The molecule has 0 saturated heterocycles. The van der Waals surface area contributed by atoms with E-state index >= 15 is 0 Å². The fourth-order valence-corrected chi connectivity index (χ4v) is 0.662. The van der Waals surface area contributed by atoms with E-state index in [1.165, 1.54) is 0 Å². The van der Waals surface area contributed by atoms with Crippen molar-refractivity contribution in [3.63, 3.8) is 0 Å². The molecule has 0 aromatic carbocycles. The molecule has 4 nitrogen and oxygen atoms in total. The Morgan fingerprint density at radius 2 is 2.25 bits per heavy atom. The quantitative estimate of drug-likeness (QED) is 0.588. The van der Waals surface area contributed by atoms with Gasteiger partial charge in [0.15, 0.2) is 0 Å². The van der Waals surface area contributed by atoms with Crippen LogP contribution in [-0.2, 0) is 4.79 Å². The summed E-state index contributed by atoms with van der Waals surface area (Å²) in [4.78, 5) is 10.9. The van der Waals surface area contributed by atoms with E-state index in [-0.39, 0.29) is 18.0 Å². The van der Waals surface area contributed by atoms with E-state index in [1.54, 1.807) is 0 Å². The summed E-state index contributed by atoms with van der Waals surface area (Å²) in [6.07, 6.45) is 1.01. The second-order valence-corrected chi connectivity index (χ2v) is 3.42. The molecule has 0 atom stereocenters. The summed E-state index contributed by atoms with van der Waals surface area (Å²) in [6.45, 7) is 3.80. The minimum absolute atomic E-state index is 0.0732. The molecule has 0 heterocycles. The van der Waals surface area contributed by atoms with Crippen molar-refractivity contribution >= 4 is 5.91 Å². The van der Waals surface area contributed by atoms with Crippen molar-refractivity contribution in [1.82, 2.24) is 5.32 Å². The summed E-state index contributed by atoms with van der Waals surface area (Å²) < 4.78 is 0. The summed E-state index contributed by atoms with van der Waals surface area (Å²) in [5.41, 5.74) is 5.35. The lowest BCUT2D eigenvalue weighted by atomic mass is 10.00. The lowest BCUT2D eigenvalue weighted by Gasteiger charge is -2.17. The molecule has 12 heavy (non-hydrogen) atoms. The Kier molecular flexibility index (Phi) is 4.30. The van der Waals surface area contributed by atoms with Gasteiger partial charge < -0.3 is 11.1 Å². The van der Waals surface area contributed by atoms with Gasteiger partial charge in [0.05, 0.1) is 6.07 Å². The number of nitriles is 1. The monoisotopic (exact) mass is 169 g/mol. The zero-order valence-corrected chi connectivity index (χ0v) is 7.55. The van der Waals surface area contributed by atoms with Gasteiger partial charge >= 0.3 is 0 Å². The maximum Gasteiger partial charge on any atom is 0.220 e. The van der Waals surface area contributed by atoms with Crippen molar-refractivity contribution in [3.05, 3.63) is 0 Å². The van der Waals surface area contributed by atoms with Gasteiger partial charge in [-0.1, -0.05) is 0 Å². The summed E-state index contributed by atoms with van der Waals surface area (Å²) >= 11 is 0. The highest BCUT2D eigenvalue weighted by Crippen LogP contribution is 2.05. The molecule has 0 radical (unpaired) electrons. The molecule has 0 aliphatic heterocycles. The maximum absolute atomic E-state index is 10.9. The van der Waals surface area contributed by atoms with Crippen LogP contribution in [0.25, 0.3) is 0 Å². The van der Waals surface area contributed by atoms with Gasteiger partial charge in [-0.2, -0.15) is 5.26 Å². The largest absolute Gasteiger partial charge is 0.343 e. The number of nitrogens with two attached hydrogens (primary N) is 1. The molecule has 0 aliphatic carbocycles. The molecular formula is C8H15N3O. The molecule has 0 spiro atoms. The standard InChI is InChI=1S/C8H15N3O/c1-8(2,10)4-3-7(12)11-6-5-9/h3-4,6,10H2,1-2H3,(H,11,12). The number of hydrogen-bond donors (Lipinski definition) is 2. The highest BCUT2D eigenvalue weighted by molar-refractivity contribution is 5.76. The summed E-state index contributed by atoms with van der Waals surface area (Å²) in [7, 11) is 0. The van der Waals surface area contributed by atoms with Gasteiger partial charge in [0, 0.05) is 12.0 Å². The molecular weight excluding hydrogens is 154 g/mol. The molecule has 0 bridgehead atoms. The van der Waals surface area contributed by atoms with Crippen LogP contribution in [0.5, 0.6) is 0 Å². The molecule has 0 aromatic rings. The predicted molar refractivity (Wildman–Crippen MR) is 46.1 cm³/mol. The lowest BCUT2D eigenvalue weighted by Crippen LogP contribution is -2.34. The van der Waals surface area contributed by atoms with Gasteiger partial charge in [-0.05, 0) is 20.3 Å². The normalized spacial score (nSPS) is 10.5. The molecule has 68 valence electrons. The number of carbonyl (C=O) groups is 1. The van der Waals surface area contributed by atoms with Gasteiger partial charge in [-0.25, -0.2) is 0 Å². The first-order chi connectivity index (χ1) is 5.45. The lowest BCUT2D eigenvalue weighted by molar-refractivity contribution is -0.121. The average Bonchev–Trinajstić information content (AvgIpc) is 1.95. The maximum atomic E-state index is 10.9. The SMILES string of the molecule is CC(C)(N)CCC(=O)NCC#N. The van der Waals surface area contributed by atoms with E-state index in [1.807, 2.05) is 19.9 Å². The Morgan fingerprint density at radius 3 is 2.67 bits per heavy atom. The van der Waals surface area contributed by atoms with Crippen LogP contribution in [0.2, 0.25) is 0 Å². The van der Waals surface area contributed by atoms with E-state index in [4.69, 9.17) is 11.0 Å². The number of amides is 1. The van der Waals surface area contributed by atoms with Crippen LogP contribution in [-0.4, -0.2) is 18.0 Å². The van der Waals surface area contributed by atoms with Gasteiger partial charge in [-0.15, -0.1) is 0 Å². The average molecular weight is 169 g/mol. The highest BCUT2D eigenvalue weighted by atomic mass is 16.1. The van der Waals surface area contributed by atoms with Crippen LogP contribution in [0.4, 0.5) is 0 Å². The Bertz CT molecular complexity index is 187. The van der Waals surface area contributed by atoms with Crippen LogP contribution in [0.15, 0.2) is 0 Å². The summed E-state index contributed by atoms with van der Waals surface area (Å²) in [6, 6.07) is 1.83. The number of nitrogens with zero attached hydrogens (tertiary/aromatic N) is 1. The van der Waals surface area contributed by atoms with Crippen molar-refractivity contribution in [1.29, 1.82) is 5.26 Å². The van der Waals surface area contributed by atoms with Crippen molar-refractivity contribution < 1.29 is 4.79 Å². The molecule has 0 unspecified atom stereocenters. The summed E-state index contributed by atoms with van der Waals surface area (Å²) in [5.74, 6) is -0.116. The van der Waals surface area contributed by atoms with E-state index in [0.29, 0.717) is 12.8 Å². The van der Waals surface area contributed by atoms with E-state index in [2.05, 4.69) is 5.32 Å². The van der Waals surface area contributed by atoms with Crippen molar-refractivity contribution in [3.8, 4) is 6.07 Å². The Morgan fingerprint density at radius 1 is 1.67 bits per heavy atom. The molecule has 0 fully saturated rings. The van der Waals surface area contributed by atoms with Crippen LogP contribution in [0.1, 0.15) is 26.7 Å². The van der Waals surface area contributed by atoms with Gasteiger partial charge in [0.2, 0.25) is 5.91 Å². The number of hydrogen-bond acceptors (Lipinski definition) is 3. The number of carbonyl (C=O) groups excluding carboxylic acids is 1. The third-order valence-electron chi connectivity index (χ3n) is 1.36. The molecule has 0 aromatic heterocycles. The zero-order chi connectivity index (χ0) is 9.61. The topological polar surface area (TPSA) is 78.9 Å². The second kappa shape index (κ2) is 4.73. The molecule has 0 saturated carbocycles. The molecule has 0 aliphatic rings. The zero-order valence-electron chi connectivity index (χ0n) is 7.55. The Hall–Kier alpha value is -1.08. The Balaban J connectivity index is 3.53. The molecule has 4 heteroatoms. The van der Waals surface area contributed by atoms with Crippen molar-refractivity contribution in [2.45, 2.75) is 32.2 Å². The number of nitrogens with one attached hydrogen (secondary N) is 1. The fourth-order valence-electron chi connectivity index (χ4n) is 0.662. The highest BCUT2D eigenvalue weighted by Gasteiger charge is 2.12. The van der Waals surface area contributed by atoms with Crippen LogP contribution in [0, 0.1) is 11.3 Å². The van der Waals surface area contributed by atoms with E-state index in [9.17, 15) is 4.79 Å². The van der Waals surface area contributed by atoms with Gasteiger partial charge in [0.25, 0.3) is 0 Å². The first-order valence-corrected chi connectivity index (χ1v) is 3.88. The molecule has 0 rings (SSSR count). The Labute approximate surface area is 72.7 Å². The van der Waals surface area contributed by atoms with Gasteiger partial charge in [0.1, 0.15) is 6.54 Å². The smallest absolute Gasteiger partial charge is 0.220 e. The fraction of sp³-hybridized carbons (Fsp3) is 0.750. The number of rotatable bonds is 4.